The second-order valence-electron chi connectivity index (χ2n) is 5.37. The van der Waals surface area contributed by atoms with E-state index in [4.69, 9.17) is 0 Å². The molecule has 0 radical (unpaired) electrons. The van der Waals surface area contributed by atoms with Crippen LogP contribution in [0, 0.1) is 13.8 Å². The predicted molar refractivity (Wildman–Crippen MR) is 74.2 cm³/mol. The van der Waals surface area contributed by atoms with Gasteiger partial charge in [-0.3, -0.25) is 4.68 Å². The standard InChI is InChI=1S/C14H21N5/c1-11-6-12(2)19(17-11)5-3-4-18-10-16-9-14(18)13-7-15-8-13/h6,9-10,13,15H,3-5,7-8H2,1-2H3. The zero-order valence-electron chi connectivity index (χ0n) is 11.6. The lowest BCUT2D eigenvalue weighted by Crippen LogP contribution is -2.40. The van der Waals surface area contributed by atoms with Crippen LogP contribution < -0.4 is 5.32 Å². The van der Waals surface area contributed by atoms with Crippen LogP contribution in [0.3, 0.4) is 0 Å². The molecule has 3 rings (SSSR count). The molecule has 1 N–H and O–H groups in total. The van der Waals surface area contributed by atoms with Crippen LogP contribution >= 0.6 is 0 Å². The monoisotopic (exact) mass is 259 g/mol. The highest BCUT2D eigenvalue weighted by molar-refractivity contribution is 5.11. The molecule has 102 valence electrons. The van der Waals surface area contributed by atoms with E-state index in [2.05, 4.69) is 37.6 Å². The Bertz CT molecular complexity index is 550. The molecule has 0 unspecified atom stereocenters. The van der Waals surface area contributed by atoms with E-state index in [0.29, 0.717) is 5.92 Å². The van der Waals surface area contributed by atoms with Gasteiger partial charge in [0.2, 0.25) is 0 Å². The van der Waals surface area contributed by atoms with Gasteiger partial charge in [0, 0.05) is 49.7 Å². The summed E-state index contributed by atoms with van der Waals surface area (Å²) in [5.74, 6) is 0.649. The molecule has 1 aliphatic heterocycles. The van der Waals surface area contributed by atoms with Gasteiger partial charge in [0.15, 0.2) is 0 Å². The molecule has 2 aromatic rings. The topological polar surface area (TPSA) is 47.7 Å². The Balaban J connectivity index is 1.57. The van der Waals surface area contributed by atoms with E-state index in [-0.39, 0.29) is 0 Å². The molecule has 5 heteroatoms. The Morgan fingerprint density at radius 2 is 2.16 bits per heavy atom. The summed E-state index contributed by atoms with van der Waals surface area (Å²) < 4.78 is 4.38. The highest BCUT2D eigenvalue weighted by Gasteiger charge is 2.21. The van der Waals surface area contributed by atoms with Crippen molar-refractivity contribution in [1.82, 2.24) is 24.6 Å². The molecule has 0 amide bonds. The first-order valence-corrected chi connectivity index (χ1v) is 6.96. The predicted octanol–water partition coefficient (Wildman–Crippen LogP) is 1.47. The van der Waals surface area contributed by atoms with Crippen molar-refractivity contribution in [2.75, 3.05) is 13.1 Å². The third kappa shape index (κ3) is 2.56. The van der Waals surface area contributed by atoms with E-state index in [0.717, 1.165) is 38.3 Å². The highest BCUT2D eigenvalue weighted by Crippen LogP contribution is 2.19. The Morgan fingerprint density at radius 1 is 1.32 bits per heavy atom. The number of rotatable bonds is 5. The fraction of sp³-hybridized carbons (Fsp3) is 0.571. The molecule has 2 aromatic heterocycles. The number of nitrogens with one attached hydrogen (secondary N) is 1. The first-order chi connectivity index (χ1) is 9.24. The summed E-state index contributed by atoms with van der Waals surface area (Å²) in [4.78, 5) is 4.29. The third-order valence-electron chi connectivity index (χ3n) is 3.82. The Kier molecular flexibility index (Phi) is 3.38. The fourth-order valence-corrected chi connectivity index (χ4v) is 2.65. The minimum atomic E-state index is 0.649. The van der Waals surface area contributed by atoms with Crippen LogP contribution in [0.25, 0.3) is 0 Å². The second kappa shape index (κ2) is 5.17. The summed E-state index contributed by atoms with van der Waals surface area (Å²) in [7, 11) is 0. The first-order valence-electron chi connectivity index (χ1n) is 6.96. The number of aromatic nitrogens is 4. The van der Waals surface area contributed by atoms with Crippen molar-refractivity contribution in [1.29, 1.82) is 0 Å². The average molecular weight is 259 g/mol. The highest BCUT2D eigenvalue weighted by atomic mass is 15.3. The summed E-state index contributed by atoms with van der Waals surface area (Å²) >= 11 is 0. The largest absolute Gasteiger partial charge is 0.334 e. The van der Waals surface area contributed by atoms with Crippen molar-refractivity contribution in [2.24, 2.45) is 0 Å². The maximum atomic E-state index is 4.50. The Morgan fingerprint density at radius 3 is 2.79 bits per heavy atom. The van der Waals surface area contributed by atoms with Gasteiger partial charge >= 0.3 is 0 Å². The molecule has 19 heavy (non-hydrogen) atoms. The van der Waals surface area contributed by atoms with E-state index in [9.17, 15) is 0 Å². The van der Waals surface area contributed by atoms with Crippen molar-refractivity contribution in [3.05, 3.63) is 35.7 Å². The maximum Gasteiger partial charge on any atom is 0.0948 e. The van der Waals surface area contributed by atoms with E-state index in [1.165, 1.54) is 11.4 Å². The van der Waals surface area contributed by atoms with Crippen LogP contribution in [-0.4, -0.2) is 32.4 Å². The molecular weight excluding hydrogens is 238 g/mol. The zero-order valence-corrected chi connectivity index (χ0v) is 11.6. The summed E-state index contributed by atoms with van der Waals surface area (Å²) in [5.41, 5.74) is 3.71. The van der Waals surface area contributed by atoms with Crippen molar-refractivity contribution < 1.29 is 0 Å². The molecule has 0 bridgehead atoms. The summed E-state index contributed by atoms with van der Waals surface area (Å²) in [6, 6.07) is 2.13. The molecule has 0 aliphatic carbocycles. The number of imidazole rings is 1. The zero-order chi connectivity index (χ0) is 13.2. The molecule has 1 aliphatic rings. The molecular formula is C14H21N5. The van der Waals surface area contributed by atoms with Crippen LogP contribution in [0.5, 0.6) is 0 Å². The second-order valence-corrected chi connectivity index (χ2v) is 5.37. The van der Waals surface area contributed by atoms with Crippen LogP contribution in [0.2, 0.25) is 0 Å². The van der Waals surface area contributed by atoms with Crippen LogP contribution in [0.15, 0.2) is 18.6 Å². The van der Waals surface area contributed by atoms with Crippen molar-refractivity contribution >= 4 is 0 Å². The minimum Gasteiger partial charge on any atom is -0.334 e. The van der Waals surface area contributed by atoms with Gasteiger partial charge in [-0.1, -0.05) is 0 Å². The number of hydrogen-bond acceptors (Lipinski definition) is 3. The first kappa shape index (κ1) is 12.4. The lowest BCUT2D eigenvalue weighted by molar-refractivity contribution is 0.416. The molecule has 5 nitrogen and oxygen atoms in total. The van der Waals surface area contributed by atoms with E-state index in [1.807, 2.05) is 19.4 Å². The van der Waals surface area contributed by atoms with Gasteiger partial charge in [-0.25, -0.2) is 4.98 Å². The molecule has 1 fully saturated rings. The van der Waals surface area contributed by atoms with Crippen LogP contribution in [-0.2, 0) is 13.1 Å². The number of nitrogens with zero attached hydrogens (tertiary/aromatic N) is 4. The smallest absolute Gasteiger partial charge is 0.0948 e. The van der Waals surface area contributed by atoms with Crippen molar-refractivity contribution in [2.45, 2.75) is 39.3 Å². The molecule has 1 saturated heterocycles. The molecule has 3 heterocycles. The Labute approximate surface area is 113 Å². The van der Waals surface area contributed by atoms with Crippen molar-refractivity contribution in [3.8, 4) is 0 Å². The lowest BCUT2D eigenvalue weighted by Gasteiger charge is -2.27. The minimum absolute atomic E-state index is 0.649. The molecule has 0 spiro atoms. The molecule has 0 atom stereocenters. The van der Waals surface area contributed by atoms with Gasteiger partial charge < -0.3 is 9.88 Å². The maximum absolute atomic E-state index is 4.50. The van der Waals surface area contributed by atoms with Crippen LogP contribution in [0.1, 0.15) is 29.4 Å². The van der Waals surface area contributed by atoms with Crippen LogP contribution in [0.4, 0.5) is 0 Å². The van der Waals surface area contributed by atoms with Gasteiger partial charge in [-0.15, -0.1) is 0 Å². The normalized spacial score (nSPS) is 15.7. The van der Waals surface area contributed by atoms with E-state index < -0.39 is 0 Å². The summed E-state index contributed by atoms with van der Waals surface area (Å²) in [5, 5.41) is 7.81. The molecule has 0 saturated carbocycles. The van der Waals surface area contributed by atoms with Gasteiger partial charge in [0.05, 0.1) is 12.0 Å². The van der Waals surface area contributed by atoms with Gasteiger partial charge in [0.1, 0.15) is 0 Å². The third-order valence-corrected chi connectivity index (χ3v) is 3.82. The average Bonchev–Trinajstić information content (AvgIpc) is 2.85. The molecule has 0 aromatic carbocycles. The summed E-state index contributed by atoms with van der Waals surface area (Å²) in [6.45, 7) is 8.32. The van der Waals surface area contributed by atoms with Gasteiger partial charge in [-0.2, -0.15) is 5.10 Å². The van der Waals surface area contributed by atoms with Gasteiger partial charge in [0.25, 0.3) is 0 Å². The number of hydrogen-bond donors (Lipinski definition) is 1. The van der Waals surface area contributed by atoms with Gasteiger partial charge in [-0.05, 0) is 26.3 Å². The number of aryl methyl sites for hydroxylation is 4. The fourth-order valence-electron chi connectivity index (χ4n) is 2.65. The lowest BCUT2D eigenvalue weighted by atomic mass is 10.00. The van der Waals surface area contributed by atoms with Crippen molar-refractivity contribution in [3.63, 3.8) is 0 Å². The summed E-state index contributed by atoms with van der Waals surface area (Å²) in [6.07, 6.45) is 5.05. The van der Waals surface area contributed by atoms with E-state index in [1.54, 1.807) is 0 Å². The Hall–Kier alpha value is -1.62. The SMILES string of the molecule is Cc1cc(C)n(CCCn2cncc2C2CNC2)n1. The quantitative estimate of drug-likeness (QED) is 0.884. The van der Waals surface area contributed by atoms with E-state index >= 15 is 0 Å².